The topological polar surface area (TPSA) is 54.0 Å². The number of methoxy groups -OCH3 is 1. The zero-order valence-corrected chi connectivity index (χ0v) is 14.6. The molecule has 1 aromatic carbocycles. The van der Waals surface area contributed by atoms with Crippen molar-refractivity contribution in [2.45, 2.75) is 0 Å². The first-order valence-electron chi connectivity index (χ1n) is 7.63. The number of nitrogens with one attached hydrogen (secondary N) is 1. The van der Waals surface area contributed by atoms with Crippen LogP contribution < -0.4 is 14.8 Å². The van der Waals surface area contributed by atoms with E-state index in [2.05, 4.69) is 5.32 Å². The van der Waals surface area contributed by atoms with Crippen LogP contribution in [0.1, 0.15) is 0 Å². The molecule has 2 rings (SSSR count). The Bertz CT molecular complexity index is 481. The number of hydrogen-bond acceptors (Lipinski definition) is 5. The highest BCUT2D eigenvalue weighted by atomic mass is 35.5. The second-order valence-electron chi connectivity index (χ2n) is 5.37. The van der Waals surface area contributed by atoms with Crippen LogP contribution in [0, 0.1) is 0 Å². The standard InChI is InChI=1S/C16H25N3O3.ClH/c1-18(13-16(20)19-9-7-17-8-10-19)11-12-22-15-6-4-3-5-14(15)21-2;/h3-6,17H,7-13H2,1-2H3;1H. The summed E-state index contributed by atoms with van der Waals surface area (Å²) in [4.78, 5) is 16.0. The van der Waals surface area contributed by atoms with Gasteiger partial charge in [0, 0.05) is 32.7 Å². The highest BCUT2D eigenvalue weighted by molar-refractivity contribution is 5.85. The zero-order chi connectivity index (χ0) is 15.8. The van der Waals surface area contributed by atoms with Crippen LogP contribution in [0.4, 0.5) is 0 Å². The molecule has 0 atom stereocenters. The summed E-state index contributed by atoms with van der Waals surface area (Å²) in [5.41, 5.74) is 0. The number of para-hydroxylation sites is 2. The third kappa shape index (κ3) is 6.25. The molecule has 0 saturated carbocycles. The number of carbonyl (C=O) groups is 1. The maximum atomic E-state index is 12.1. The van der Waals surface area contributed by atoms with Gasteiger partial charge in [-0.1, -0.05) is 12.1 Å². The molecule has 1 saturated heterocycles. The van der Waals surface area contributed by atoms with Gasteiger partial charge >= 0.3 is 0 Å². The molecule has 6 nitrogen and oxygen atoms in total. The summed E-state index contributed by atoms with van der Waals surface area (Å²) in [6, 6.07) is 7.57. The van der Waals surface area contributed by atoms with Crippen LogP contribution in [0.5, 0.6) is 11.5 Å². The third-order valence-electron chi connectivity index (χ3n) is 3.67. The Morgan fingerprint density at radius 3 is 2.57 bits per heavy atom. The molecule has 0 spiro atoms. The van der Waals surface area contributed by atoms with Crippen molar-refractivity contribution in [1.29, 1.82) is 0 Å². The minimum absolute atomic E-state index is 0. The number of hydrogen-bond donors (Lipinski definition) is 1. The molecule has 130 valence electrons. The maximum Gasteiger partial charge on any atom is 0.236 e. The van der Waals surface area contributed by atoms with Crippen LogP contribution in [0.25, 0.3) is 0 Å². The highest BCUT2D eigenvalue weighted by Crippen LogP contribution is 2.25. The Kier molecular flexibility index (Phi) is 8.76. The van der Waals surface area contributed by atoms with E-state index in [1.807, 2.05) is 41.1 Å². The van der Waals surface area contributed by atoms with Gasteiger partial charge in [-0.25, -0.2) is 0 Å². The largest absolute Gasteiger partial charge is 0.493 e. The maximum absolute atomic E-state index is 12.1. The number of nitrogens with zero attached hydrogens (tertiary/aromatic N) is 2. The van der Waals surface area contributed by atoms with Crippen LogP contribution in [0.3, 0.4) is 0 Å². The predicted octanol–water partition coefficient (Wildman–Crippen LogP) is 0.859. The predicted molar refractivity (Wildman–Crippen MR) is 92.7 cm³/mol. The van der Waals surface area contributed by atoms with Crippen LogP contribution in [0.2, 0.25) is 0 Å². The lowest BCUT2D eigenvalue weighted by Crippen LogP contribution is -2.49. The highest BCUT2D eigenvalue weighted by Gasteiger charge is 2.17. The summed E-state index contributed by atoms with van der Waals surface area (Å²) in [5.74, 6) is 1.63. The number of amides is 1. The van der Waals surface area contributed by atoms with Gasteiger partial charge < -0.3 is 19.7 Å². The van der Waals surface area contributed by atoms with Gasteiger partial charge in [0.25, 0.3) is 0 Å². The summed E-state index contributed by atoms with van der Waals surface area (Å²) < 4.78 is 11.0. The second kappa shape index (κ2) is 10.3. The van der Waals surface area contributed by atoms with Crippen LogP contribution in [-0.2, 0) is 4.79 Å². The molecular formula is C16H26ClN3O3. The number of benzene rings is 1. The van der Waals surface area contributed by atoms with Gasteiger partial charge in [0.05, 0.1) is 13.7 Å². The molecule has 0 aliphatic carbocycles. The van der Waals surface area contributed by atoms with Crippen molar-refractivity contribution in [3.8, 4) is 11.5 Å². The van der Waals surface area contributed by atoms with Gasteiger partial charge in [0.2, 0.25) is 5.91 Å². The number of rotatable bonds is 7. The van der Waals surface area contributed by atoms with Crippen molar-refractivity contribution < 1.29 is 14.3 Å². The molecule has 23 heavy (non-hydrogen) atoms. The molecule has 0 aromatic heterocycles. The first-order valence-corrected chi connectivity index (χ1v) is 7.63. The monoisotopic (exact) mass is 343 g/mol. The molecule has 1 aromatic rings. The minimum Gasteiger partial charge on any atom is -0.493 e. The van der Waals surface area contributed by atoms with E-state index in [0.29, 0.717) is 19.7 Å². The average Bonchev–Trinajstić information content (AvgIpc) is 2.56. The van der Waals surface area contributed by atoms with Gasteiger partial charge in [0.15, 0.2) is 11.5 Å². The fourth-order valence-corrected chi connectivity index (χ4v) is 2.37. The minimum atomic E-state index is 0. The molecule has 0 bridgehead atoms. The number of ether oxygens (including phenoxy) is 2. The first kappa shape index (κ1) is 19.5. The van der Waals surface area contributed by atoms with Crippen molar-refractivity contribution in [1.82, 2.24) is 15.1 Å². The van der Waals surface area contributed by atoms with E-state index >= 15 is 0 Å². The van der Waals surface area contributed by atoms with Crippen molar-refractivity contribution in [3.05, 3.63) is 24.3 Å². The summed E-state index contributed by atoms with van der Waals surface area (Å²) in [6.07, 6.45) is 0. The van der Waals surface area contributed by atoms with Gasteiger partial charge in [-0.15, -0.1) is 12.4 Å². The van der Waals surface area contributed by atoms with Crippen molar-refractivity contribution in [3.63, 3.8) is 0 Å². The molecule has 0 radical (unpaired) electrons. The molecule has 7 heteroatoms. The number of carbonyl (C=O) groups excluding carboxylic acids is 1. The Hall–Kier alpha value is -1.50. The Labute approximate surface area is 144 Å². The first-order chi connectivity index (χ1) is 10.7. The van der Waals surface area contributed by atoms with Crippen LogP contribution >= 0.6 is 12.4 Å². The van der Waals surface area contributed by atoms with Crippen molar-refractivity contribution in [2.24, 2.45) is 0 Å². The van der Waals surface area contributed by atoms with Gasteiger partial charge in [0.1, 0.15) is 6.61 Å². The second-order valence-corrected chi connectivity index (χ2v) is 5.37. The molecule has 1 fully saturated rings. The average molecular weight is 344 g/mol. The van der Waals surface area contributed by atoms with E-state index in [0.717, 1.165) is 37.7 Å². The lowest BCUT2D eigenvalue weighted by atomic mass is 10.3. The van der Waals surface area contributed by atoms with E-state index in [-0.39, 0.29) is 18.3 Å². The molecule has 1 amide bonds. The van der Waals surface area contributed by atoms with Gasteiger partial charge in [-0.05, 0) is 19.2 Å². The van der Waals surface area contributed by atoms with Gasteiger partial charge in [-0.2, -0.15) is 0 Å². The molecule has 1 aliphatic heterocycles. The Balaban J connectivity index is 0.00000264. The fourth-order valence-electron chi connectivity index (χ4n) is 2.37. The van der Waals surface area contributed by atoms with Crippen LogP contribution in [0.15, 0.2) is 24.3 Å². The lowest BCUT2D eigenvalue weighted by Gasteiger charge is -2.29. The third-order valence-corrected chi connectivity index (χ3v) is 3.67. The molecule has 0 unspecified atom stereocenters. The smallest absolute Gasteiger partial charge is 0.236 e. The number of halogens is 1. The van der Waals surface area contributed by atoms with E-state index in [4.69, 9.17) is 9.47 Å². The number of piperazine rings is 1. The zero-order valence-electron chi connectivity index (χ0n) is 13.8. The lowest BCUT2D eigenvalue weighted by molar-refractivity contribution is -0.132. The fraction of sp³-hybridized carbons (Fsp3) is 0.562. The van der Waals surface area contributed by atoms with Gasteiger partial charge in [-0.3, -0.25) is 9.69 Å². The van der Waals surface area contributed by atoms with E-state index in [9.17, 15) is 4.79 Å². The van der Waals surface area contributed by atoms with Crippen molar-refractivity contribution >= 4 is 18.3 Å². The summed E-state index contributed by atoms with van der Waals surface area (Å²) in [6.45, 7) is 4.99. The summed E-state index contributed by atoms with van der Waals surface area (Å²) in [7, 11) is 3.56. The van der Waals surface area contributed by atoms with E-state index in [1.54, 1.807) is 7.11 Å². The summed E-state index contributed by atoms with van der Waals surface area (Å²) in [5, 5.41) is 3.25. The quantitative estimate of drug-likeness (QED) is 0.796. The van der Waals surface area contributed by atoms with Crippen LogP contribution in [-0.4, -0.2) is 75.7 Å². The molecule has 1 heterocycles. The van der Waals surface area contributed by atoms with E-state index < -0.39 is 0 Å². The SMILES string of the molecule is COc1ccccc1OCCN(C)CC(=O)N1CCNCC1.Cl. The molecular weight excluding hydrogens is 318 g/mol. The molecule has 1 N–H and O–H groups in total. The Morgan fingerprint density at radius 1 is 1.26 bits per heavy atom. The Morgan fingerprint density at radius 2 is 1.91 bits per heavy atom. The molecule has 1 aliphatic rings. The summed E-state index contributed by atoms with van der Waals surface area (Å²) >= 11 is 0. The number of likely N-dealkylation sites (N-methyl/N-ethyl adjacent to an activating group) is 1. The van der Waals surface area contributed by atoms with E-state index in [1.165, 1.54) is 0 Å². The van der Waals surface area contributed by atoms with Crippen molar-refractivity contribution in [2.75, 3.05) is 60.0 Å². The normalized spacial score (nSPS) is 14.3.